The number of carbonyl (C=O) groups is 1. The molecule has 0 aliphatic rings. The van der Waals surface area contributed by atoms with E-state index in [-0.39, 0.29) is 18.0 Å². The Morgan fingerprint density at radius 2 is 2.29 bits per heavy atom. The number of rotatable bonds is 3. The fourth-order valence-corrected chi connectivity index (χ4v) is 1.56. The SMILES string of the molecule is O=C(CCS)Nc1c(F)cccc1Br. The van der Waals surface area contributed by atoms with Crippen molar-refractivity contribution in [2.45, 2.75) is 6.42 Å². The minimum Gasteiger partial charge on any atom is -0.323 e. The minimum atomic E-state index is -0.452. The highest BCUT2D eigenvalue weighted by molar-refractivity contribution is 9.10. The van der Waals surface area contributed by atoms with Gasteiger partial charge in [-0.25, -0.2) is 4.39 Å². The lowest BCUT2D eigenvalue weighted by Gasteiger charge is -2.07. The van der Waals surface area contributed by atoms with Crippen LogP contribution in [0.3, 0.4) is 0 Å². The maximum Gasteiger partial charge on any atom is 0.225 e. The summed E-state index contributed by atoms with van der Waals surface area (Å²) in [5.74, 6) is -0.254. The highest BCUT2D eigenvalue weighted by atomic mass is 79.9. The molecule has 0 radical (unpaired) electrons. The summed E-state index contributed by atoms with van der Waals surface area (Å²) >= 11 is 7.06. The van der Waals surface area contributed by atoms with Gasteiger partial charge in [-0.3, -0.25) is 4.79 Å². The van der Waals surface area contributed by atoms with E-state index in [0.29, 0.717) is 10.2 Å². The van der Waals surface area contributed by atoms with Gasteiger partial charge >= 0.3 is 0 Å². The van der Waals surface area contributed by atoms with Crippen LogP contribution in [0.1, 0.15) is 6.42 Å². The fourth-order valence-electron chi connectivity index (χ4n) is 0.921. The summed E-state index contributed by atoms with van der Waals surface area (Å²) in [6.07, 6.45) is 0.268. The second-order valence-electron chi connectivity index (χ2n) is 2.62. The van der Waals surface area contributed by atoms with Crippen molar-refractivity contribution in [1.29, 1.82) is 0 Å². The van der Waals surface area contributed by atoms with Crippen molar-refractivity contribution in [1.82, 2.24) is 0 Å². The summed E-state index contributed by atoms with van der Waals surface area (Å²) in [5.41, 5.74) is 0.180. The van der Waals surface area contributed by atoms with Crippen LogP contribution in [0.4, 0.5) is 10.1 Å². The second kappa shape index (κ2) is 5.36. The third kappa shape index (κ3) is 2.99. The zero-order valence-corrected chi connectivity index (χ0v) is 9.74. The highest BCUT2D eigenvalue weighted by Crippen LogP contribution is 2.25. The predicted molar refractivity (Wildman–Crippen MR) is 61.2 cm³/mol. The van der Waals surface area contributed by atoms with Crippen LogP contribution in [-0.2, 0) is 4.79 Å². The molecule has 0 heterocycles. The van der Waals surface area contributed by atoms with Crippen molar-refractivity contribution >= 4 is 40.2 Å². The number of hydrogen-bond acceptors (Lipinski definition) is 2. The van der Waals surface area contributed by atoms with Crippen molar-refractivity contribution in [3.8, 4) is 0 Å². The van der Waals surface area contributed by atoms with Crippen LogP contribution in [0.25, 0.3) is 0 Å². The molecule has 0 saturated carbocycles. The monoisotopic (exact) mass is 277 g/mol. The number of benzene rings is 1. The van der Waals surface area contributed by atoms with Gasteiger partial charge in [-0.1, -0.05) is 6.07 Å². The van der Waals surface area contributed by atoms with Gasteiger partial charge in [-0.05, 0) is 33.8 Å². The number of para-hydroxylation sites is 1. The molecule has 14 heavy (non-hydrogen) atoms. The first-order valence-electron chi connectivity index (χ1n) is 4.00. The molecule has 0 fully saturated rings. The molecule has 0 bridgehead atoms. The van der Waals surface area contributed by atoms with Crippen LogP contribution in [0.15, 0.2) is 22.7 Å². The van der Waals surface area contributed by atoms with Gasteiger partial charge in [-0.15, -0.1) is 0 Å². The Labute approximate surface area is 95.4 Å². The minimum absolute atomic E-state index is 0.180. The molecule has 1 aromatic rings. The Balaban J connectivity index is 2.80. The Kier molecular flexibility index (Phi) is 4.41. The zero-order valence-electron chi connectivity index (χ0n) is 7.26. The normalized spacial score (nSPS) is 9.93. The van der Waals surface area contributed by atoms with E-state index in [9.17, 15) is 9.18 Å². The van der Waals surface area contributed by atoms with Crippen LogP contribution < -0.4 is 5.32 Å². The van der Waals surface area contributed by atoms with E-state index in [1.165, 1.54) is 6.07 Å². The number of amides is 1. The molecule has 1 aromatic carbocycles. The molecule has 1 amide bonds. The van der Waals surface area contributed by atoms with Gasteiger partial charge in [0, 0.05) is 10.9 Å². The summed E-state index contributed by atoms with van der Waals surface area (Å²) in [5, 5.41) is 2.47. The lowest BCUT2D eigenvalue weighted by molar-refractivity contribution is -0.115. The molecular formula is C9H9BrFNOS. The number of nitrogens with one attached hydrogen (secondary N) is 1. The molecule has 1 rings (SSSR count). The second-order valence-corrected chi connectivity index (χ2v) is 3.92. The van der Waals surface area contributed by atoms with Gasteiger partial charge in [0.2, 0.25) is 5.91 Å². The zero-order chi connectivity index (χ0) is 10.6. The first-order chi connectivity index (χ1) is 6.65. The standard InChI is InChI=1S/C9H9BrFNOS/c10-6-2-1-3-7(11)9(6)12-8(13)4-5-14/h1-3,14H,4-5H2,(H,12,13). The van der Waals surface area contributed by atoms with E-state index in [1.807, 2.05) is 0 Å². The maximum absolute atomic E-state index is 13.2. The molecule has 0 unspecified atom stereocenters. The summed E-state index contributed by atoms with van der Waals surface area (Å²) in [7, 11) is 0. The summed E-state index contributed by atoms with van der Waals surface area (Å²) in [6, 6.07) is 4.52. The van der Waals surface area contributed by atoms with E-state index in [0.717, 1.165) is 0 Å². The van der Waals surface area contributed by atoms with Crippen LogP contribution in [-0.4, -0.2) is 11.7 Å². The van der Waals surface area contributed by atoms with E-state index in [1.54, 1.807) is 12.1 Å². The Hall–Kier alpha value is -0.550. The molecule has 0 atom stereocenters. The van der Waals surface area contributed by atoms with Crippen molar-refractivity contribution < 1.29 is 9.18 Å². The molecule has 0 saturated heterocycles. The predicted octanol–water partition coefficient (Wildman–Crippen LogP) is 2.85. The molecule has 0 aromatic heterocycles. The van der Waals surface area contributed by atoms with E-state index < -0.39 is 5.82 Å². The van der Waals surface area contributed by atoms with Gasteiger partial charge in [0.05, 0.1) is 5.69 Å². The number of thiol groups is 1. The topological polar surface area (TPSA) is 29.1 Å². The van der Waals surface area contributed by atoms with Gasteiger partial charge < -0.3 is 5.32 Å². The molecule has 0 aliphatic heterocycles. The van der Waals surface area contributed by atoms with Crippen molar-refractivity contribution in [3.05, 3.63) is 28.5 Å². The highest BCUT2D eigenvalue weighted by Gasteiger charge is 2.09. The molecule has 0 spiro atoms. The first-order valence-corrected chi connectivity index (χ1v) is 5.42. The molecule has 2 nitrogen and oxygen atoms in total. The number of halogens is 2. The molecule has 1 N–H and O–H groups in total. The molecule has 76 valence electrons. The van der Waals surface area contributed by atoms with Crippen LogP contribution in [0.5, 0.6) is 0 Å². The van der Waals surface area contributed by atoms with Gasteiger partial charge in [0.15, 0.2) is 0 Å². The van der Waals surface area contributed by atoms with Gasteiger partial charge in [0.1, 0.15) is 5.82 Å². The molecule has 5 heteroatoms. The van der Waals surface area contributed by atoms with Crippen molar-refractivity contribution in [2.75, 3.05) is 11.1 Å². The number of carbonyl (C=O) groups excluding carboxylic acids is 1. The number of hydrogen-bond donors (Lipinski definition) is 2. The Bertz CT molecular complexity index is 325. The van der Waals surface area contributed by atoms with Crippen molar-refractivity contribution in [3.63, 3.8) is 0 Å². The average molecular weight is 278 g/mol. The quantitative estimate of drug-likeness (QED) is 0.818. The Morgan fingerprint density at radius 3 is 2.86 bits per heavy atom. The lowest BCUT2D eigenvalue weighted by Crippen LogP contribution is -2.13. The Morgan fingerprint density at radius 1 is 1.57 bits per heavy atom. The number of anilines is 1. The van der Waals surface area contributed by atoms with Crippen LogP contribution >= 0.6 is 28.6 Å². The third-order valence-corrected chi connectivity index (χ3v) is 2.45. The van der Waals surface area contributed by atoms with E-state index >= 15 is 0 Å². The van der Waals surface area contributed by atoms with Gasteiger partial charge in [0.25, 0.3) is 0 Å². The average Bonchev–Trinajstić information content (AvgIpc) is 2.12. The van der Waals surface area contributed by atoms with E-state index in [4.69, 9.17) is 0 Å². The lowest BCUT2D eigenvalue weighted by atomic mass is 10.3. The first kappa shape index (κ1) is 11.5. The maximum atomic E-state index is 13.2. The van der Waals surface area contributed by atoms with E-state index in [2.05, 4.69) is 33.9 Å². The molecule has 0 aliphatic carbocycles. The summed E-state index contributed by atoms with van der Waals surface area (Å²) < 4.78 is 13.7. The fraction of sp³-hybridized carbons (Fsp3) is 0.222. The van der Waals surface area contributed by atoms with Crippen LogP contribution in [0.2, 0.25) is 0 Å². The van der Waals surface area contributed by atoms with Gasteiger partial charge in [-0.2, -0.15) is 12.6 Å². The third-order valence-electron chi connectivity index (χ3n) is 1.57. The largest absolute Gasteiger partial charge is 0.323 e. The van der Waals surface area contributed by atoms with Crippen LogP contribution in [0, 0.1) is 5.82 Å². The molecular weight excluding hydrogens is 269 g/mol. The smallest absolute Gasteiger partial charge is 0.225 e. The summed E-state index contributed by atoms with van der Waals surface area (Å²) in [4.78, 5) is 11.2. The summed E-state index contributed by atoms with van der Waals surface area (Å²) in [6.45, 7) is 0. The van der Waals surface area contributed by atoms with Crippen molar-refractivity contribution in [2.24, 2.45) is 0 Å².